The first-order chi connectivity index (χ1) is 10.6. The number of aromatic nitrogens is 3. The van der Waals surface area contributed by atoms with Crippen LogP contribution < -0.4 is 5.32 Å². The Kier molecular flexibility index (Phi) is 3.76. The molecule has 1 unspecified atom stereocenters. The van der Waals surface area contributed by atoms with Gasteiger partial charge in [0, 0.05) is 28.5 Å². The lowest BCUT2D eigenvalue weighted by Gasteiger charge is -2.15. The molecule has 3 aromatic rings. The zero-order valence-electron chi connectivity index (χ0n) is 11.6. The van der Waals surface area contributed by atoms with E-state index in [0.717, 1.165) is 17.2 Å². The summed E-state index contributed by atoms with van der Waals surface area (Å²) in [5.74, 6) is 0.765. The Balaban J connectivity index is 1.88. The van der Waals surface area contributed by atoms with Crippen LogP contribution in [0.5, 0.6) is 0 Å². The minimum Gasteiger partial charge on any atom is -0.374 e. The van der Waals surface area contributed by atoms with Crippen LogP contribution >= 0.6 is 15.9 Å². The molecule has 0 aliphatic carbocycles. The molecule has 1 atom stereocenters. The highest BCUT2D eigenvalue weighted by molar-refractivity contribution is 9.10. The Bertz CT molecular complexity index is 848. The summed E-state index contributed by atoms with van der Waals surface area (Å²) in [4.78, 5) is 10.3. The molecule has 2 aromatic heterocycles. The molecule has 7 nitrogen and oxygen atoms in total. The molecule has 0 bridgehead atoms. The fourth-order valence-electron chi connectivity index (χ4n) is 2.19. The third kappa shape index (κ3) is 2.64. The number of fused-ring (bicyclic) bond motifs is 1. The van der Waals surface area contributed by atoms with E-state index in [0.29, 0.717) is 4.47 Å². The van der Waals surface area contributed by atoms with Crippen molar-refractivity contribution >= 4 is 33.0 Å². The van der Waals surface area contributed by atoms with E-state index in [4.69, 9.17) is 0 Å². The van der Waals surface area contributed by atoms with Crippen LogP contribution in [0.25, 0.3) is 5.65 Å². The molecule has 1 N–H and O–H groups in total. The van der Waals surface area contributed by atoms with Gasteiger partial charge in [0.15, 0.2) is 11.5 Å². The van der Waals surface area contributed by atoms with Gasteiger partial charge in [0.2, 0.25) is 0 Å². The molecule has 0 spiro atoms. The number of halogens is 1. The number of hydrogen-bond donors (Lipinski definition) is 1. The van der Waals surface area contributed by atoms with Crippen molar-refractivity contribution in [3.05, 3.63) is 63.0 Å². The molecule has 8 heteroatoms. The van der Waals surface area contributed by atoms with E-state index in [9.17, 15) is 10.1 Å². The number of nitro benzene ring substituents is 1. The molecule has 0 saturated heterocycles. The average Bonchev–Trinajstić information content (AvgIpc) is 2.93. The first-order valence-electron chi connectivity index (χ1n) is 6.56. The molecule has 2 heterocycles. The van der Waals surface area contributed by atoms with Crippen LogP contribution in [0.3, 0.4) is 0 Å². The van der Waals surface area contributed by atoms with Crippen molar-refractivity contribution in [1.82, 2.24) is 14.6 Å². The predicted molar refractivity (Wildman–Crippen MR) is 85.8 cm³/mol. The lowest BCUT2D eigenvalue weighted by molar-refractivity contribution is -0.384. The molecule has 0 fully saturated rings. The van der Waals surface area contributed by atoms with Crippen molar-refractivity contribution in [3.8, 4) is 0 Å². The Morgan fingerprint density at radius 1 is 1.32 bits per heavy atom. The maximum atomic E-state index is 10.8. The largest absolute Gasteiger partial charge is 0.374 e. The molecule has 22 heavy (non-hydrogen) atoms. The minimum atomic E-state index is -0.427. The van der Waals surface area contributed by atoms with Crippen molar-refractivity contribution < 1.29 is 4.92 Å². The van der Waals surface area contributed by atoms with Crippen LogP contribution in [0.15, 0.2) is 47.1 Å². The first-order valence-corrected chi connectivity index (χ1v) is 7.35. The van der Waals surface area contributed by atoms with Crippen molar-refractivity contribution in [3.63, 3.8) is 0 Å². The topological polar surface area (TPSA) is 85.4 Å². The molecule has 0 aliphatic heterocycles. The zero-order valence-corrected chi connectivity index (χ0v) is 13.2. The van der Waals surface area contributed by atoms with E-state index in [1.165, 1.54) is 12.1 Å². The second kappa shape index (κ2) is 5.72. The number of nitrogens with one attached hydrogen (secondary N) is 1. The number of non-ortho nitro benzene ring substituents is 1. The Morgan fingerprint density at radius 2 is 2.14 bits per heavy atom. The summed E-state index contributed by atoms with van der Waals surface area (Å²) >= 11 is 3.35. The highest BCUT2D eigenvalue weighted by Gasteiger charge is 2.15. The van der Waals surface area contributed by atoms with Gasteiger partial charge in [-0.05, 0) is 41.1 Å². The van der Waals surface area contributed by atoms with Crippen LogP contribution in [-0.2, 0) is 0 Å². The van der Waals surface area contributed by atoms with Gasteiger partial charge >= 0.3 is 0 Å². The lowest BCUT2D eigenvalue weighted by atomic mass is 10.2. The third-order valence-corrected chi connectivity index (χ3v) is 3.92. The summed E-state index contributed by atoms with van der Waals surface area (Å²) in [5.41, 5.74) is 1.57. The highest BCUT2D eigenvalue weighted by atomic mass is 79.9. The zero-order chi connectivity index (χ0) is 15.7. The first kappa shape index (κ1) is 14.5. The molecule has 1 aromatic carbocycles. The lowest BCUT2D eigenvalue weighted by Crippen LogP contribution is -2.11. The normalized spacial score (nSPS) is 12.3. The molecule has 0 aliphatic rings. The maximum Gasteiger partial charge on any atom is 0.270 e. The van der Waals surface area contributed by atoms with Crippen LogP contribution in [-0.4, -0.2) is 19.5 Å². The van der Waals surface area contributed by atoms with E-state index >= 15 is 0 Å². The third-order valence-electron chi connectivity index (χ3n) is 3.26. The van der Waals surface area contributed by atoms with Gasteiger partial charge in [0.25, 0.3) is 5.69 Å². The van der Waals surface area contributed by atoms with Gasteiger partial charge in [-0.15, -0.1) is 10.2 Å². The second-order valence-corrected chi connectivity index (χ2v) is 5.63. The summed E-state index contributed by atoms with van der Waals surface area (Å²) < 4.78 is 2.53. The Hall–Kier alpha value is -2.48. The standard InChI is InChI=1S/C14H12BrN5O2/c1-9(14-18-17-13-4-2-3-7-19(13)14)16-12-6-5-10(20(21)22)8-11(12)15/h2-9,16H,1H3. The van der Waals surface area contributed by atoms with Crippen LogP contribution in [0.2, 0.25) is 0 Å². The van der Waals surface area contributed by atoms with E-state index in [-0.39, 0.29) is 11.7 Å². The van der Waals surface area contributed by atoms with Crippen molar-refractivity contribution in [2.24, 2.45) is 0 Å². The van der Waals surface area contributed by atoms with Crippen molar-refractivity contribution in [2.45, 2.75) is 13.0 Å². The Labute approximate surface area is 134 Å². The number of rotatable bonds is 4. The number of hydrogen-bond acceptors (Lipinski definition) is 5. The van der Waals surface area contributed by atoms with Gasteiger partial charge in [-0.1, -0.05) is 6.07 Å². The van der Waals surface area contributed by atoms with E-state index in [1.807, 2.05) is 35.7 Å². The SMILES string of the molecule is CC(Nc1ccc([N+](=O)[O-])cc1Br)c1nnc2ccccn12. The minimum absolute atomic E-state index is 0.0398. The summed E-state index contributed by atoms with van der Waals surface area (Å²) in [6.07, 6.45) is 1.90. The quantitative estimate of drug-likeness (QED) is 0.567. The van der Waals surface area contributed by atoms with Crippen LogP contribution in [0.4, 0.5) is 11.4 Å². The van der Waals surface area contributed by atoms with E-state index < -0.39 is 4.92 Å². The summed E-state index contributed by atoms with van der Waals surface area (Å²) in [5, 5.41) is 22.3. The molecular weight excluding hydrogens is 350 g/mol. The van der Waals surface area contributed by atoms with Gasteiger partial charge in [-0.2, -0.15) is 0 Å². The molecule has 0 radical (unpaired) electrons. The van der Waals surface area contributed by atoms with Gasteiger partial charge in [0.05, 0.1) is 11.0 Å². The molecule has 0 saturated carbocycles. The second-order valence-electron chi connectivity index (χ2n) is 4.77. The number of nitro groups is 1. The predicted octanol–water partition coefficient (Wildman–Crippen LogP) is 3.57. The Morgan fingerprint density at radius 3 is 2.86 bits per heavy atom. The van der Waals surface area contributed by atoms with Gasteiger partial charge in [-0.25, -0.2) is 0 Å². The maximum absolute atomic E-state index is 10.8. The number of benzene rings is 1. The van der Waals surface area contributed by atoms with Gasteiger partial charge in [-0.3, -0.25) is 14.5 Å². The van der Waals surface area contributed by atoms with Gasteiger partial charge < -0.3 is 5.32 Å². The fourth-order valence-corrected chi connectivity index (χ4v) is 2.67. The molecule has 112 valence electrons. The van der Waals surface area contributed by atoms with E-state index in [2.05, 4.69) is 31.4 Å². The number of anilines is 1. The van der Waals surface area contributed by atoms with Crippen LogP contribution in [0, 0.1) is 10.1 Å². The van der Waals surface area contributed by atoms with Gasteiger partial charge in [0.1, 0.15) is 0 Å². The molecule has 3 rings (SSSR count). The van der Waals surface area contributed by atoms with E-state index in [1.54, 1.807) is 6.07 Å². The van der Waals surface area contributed by atoms with Crippen molar-refractivity contribution in [2.75, 3.05) is 5.32 Å². The summed E-state index contributed by atoms with van der Waals surface area (Å²) in [6.45, 7) is 1.96. The number of pyridine rings is 1. The fraction of sp³-hybridized carbons (Fsp3) is 0.143. The monoisotopic (exact) mass is 361 g/mol. The highest BCUT2D eigenvalue weighted by Crippen LogP contribution is 2.29. The number of nitrogens with zero attached hydrogens (tertiary/aromatic N) is 4. The van der Waals surface area contributed by atoms with Crippen LogP contribution in [0.1, 0.15) is 18.8 Å². The summed E-state index contributed by atoms with van der Waals surface area (Å²) in [6, 6.07) is 10.2. The molecular formula is C14H12BrN5O2. The summed E-state index contributed by atoms with van der Waals surface area (Å²) in [7, 11) is 0. The molecule has 0 amide bonds. The average molecular weight is 362 g/mol. The smallest absolute Gasteiger partial charge is 0.270 e. The van der Waals surface area contributed by atoms with Crippen molar-refractivity contribution in [1.29, 1.82) is 0 Å².